The molecule has 6 heteroatoms. The van der Waals surface area contributed by atoms with E-state index in [1.54, 1.807) is 0 Å². The molecule has 3 rings (SSSR count). The summed E-state index contributed by atoms with van der Waals surface area (Å²) in [4.78, 5) is 7.05. The summed E-state index contributed by atoms with van der Waals surface area (Å²) in [5.74, 6) is 1.60. The van der Waals surface area contributed by atoms with Crippen molar-refractivity contribution in [3.8, 4) is 0 Å². The summed E-state index contributed by atoms with van der Waals surface area (Å²) in [5, 5.41) is 1.08. The number of nitrogens with zero attached hydrogens (tertiary/aromatic N) is 3. The second-order valence-electron chi connectivity index (χ2n) is 7.10. The van der Waals surface area contributed by atoms with Gasteiger partial charge in [0.2, 0.25) is 5.13 Å². The molecule has 5 nitrogen and oxygen atoms in total. The van der Waals surface area contributed by atoms with Crippen molar-refractivity contribution < 1.29 is 9.47 Å². The molecule has 0 spiro atoms. The first-order chi connectivity index (χ1) is 11.2. The molecule has 1 atom stereocenters. The van der Waals surface area contributed by atoms with E-state index in [0.29, 0.717) is 18.1 Å². The second-order valence-corrected chi connectivity index (χ2v) is 7.83. The summed E-state index contributed by atoms with van der Waals surface area (Å²) >= 11 is 1.54. The third kappa shape index (κ3) is 5.13. The summed E-state index contributed by atoms with van der Waals surface area (Å²) in [5.41, 5.74) is 0. The van der Waals surface area contributed by atoms with Gasteiger partial charge >= 0.3 is 0 Å². The van der Waals surface area contributed by atoms with Crippen molar-refractivity contribution in [1.82, 2.24) is 9.36 Å². The lowest BCUT2D eigenvalue weighted by molar-refractivity contribution is -0.0672. The number of ether oxygens (including phenoxy) is 2. The molecule has 0 saturated carbocycles. The van der Waals surface area contributed by atoms with E-state index in [2.05, 4.69) is 23.1 Å². The molecule has 0 aliphatic carbocycles. The van der Waals surface area contributed by atoms with Gasteiger partial charge in [0.15, 0.2) is 0 Å². The van der Waals surface area contributed by atoms with Crippen molar-refractivity contribution in [2.24, 2.45) is 5.92 Å². The maximum atomic E-state index is 6.08. The van der Waals surface area contributed by atoms with Crippen LogP contribution in [0.25, 0.3) is 0 Å². The SMILES string of the molecule is CC(C)Cc1nsc(N2CCC(OC[C@@H]3CCCCO3)CC2)n1. The lowest BCUT2D eigenvalue weighted by Crippen LogP contribution is -2.38. The first-order valence-corrected chi connectivity index (χ1v) is 9.79. The van der Waals surface area contributed by atoms with E-state index >= 15 is 0 Å². The highest BCUT2D eigenvalue weighted by Crippen LogP contribution is 2.24. The van der Waals surface area contributed by atoms with Crippen LogP contribution in [-0.4, -0.2) is 47.9 Å². The van der Waals surface area contributed by atoms with E-state index in [0.717, 1.165) is 62.9 Å². The molecule has 0 amide bonds. The molecular weight excluding hydrogens is 310 g/mol. The topological polar surface area (TPSA) is 47.5 Å². The molecule has 2 aliphatic rings. The maximum absolute atomic E-state index is 6.08. The minimum absolute atomic E-state index is 0.323. The number of piperidine rings is 1. The van der Waals surface area contributed by atoms with Gasteiger partial charge in [-0.1, -0.05) is 13.8 Å². The molecule has 23 heavy (non-hydrogen) atoms. The largest absolute Gasteiger partial charge is 0.376 e. The number of anilines is 1. The number of aromatic nitrogens is 2. The highest BCUT2D eigenvalue weighted by molar-refractivity contribution is 7.09. The van der Waals surface area contributed by atoms with E-state index in [9.17, 15) is 0 Å². The van der Waals surface area contributed by atoms with Gasteiger partial charge in [0, 0.05) is 37.6 Å². The predicted molar refractivity (Wildman–Crippen MR) is 93.2 cm³/mol. The van der Waals surface area contributed by atoms with Crippen LogP contribution in [0, 0.1) is 5.92 Å². The first-order valence-electron chi connectivity index (χ1n) is 9.01. The molecule has 0 unspecified atom stereocenters. The van der Waals surface area contributed by atoms with Crippen LogP contribution < -0.4 is 4.90 Å². The molecule has 3 heterocycles. The fourth-order valence-corrected chi connectivity index (χ4v) is 3.96. The minimum Gasteiger partial charge on any atom is -0.376 e. The second kappa shape index (κ2) is 8.40. The summed E-state index contributed by atoms with van der Waals surface area (Å²) in [7, 11) is 0. The fourth-order valence-electron chi connectivity index (χ4n) is 3.22. The van der Waals surface area contributed by atoms with E-state index < -0.39 is 0 Å². The molecule has 2 fully saturated rings. The Kier molecular flexibility index (Phi) is 6.25. The molecule has 0 radical (unpaired) electrons. The van der Waals surface area contributed by atoms with Crippen LogP contribution in [0.1, 0.15) is 51.8 Å². The quantitative estimate of drug-likeness (QED) is 0.796. The summed E-state index contributed by atoms with van der Waals surface area (Å²) in [6.07, 6.45) is 7.46. The van der Waals surface area contributed by atoms with Crippen molar-refractivity contribution in [1.29, 1.82) is 0 Å². The van der Waals surface area contributed by atoms with Gasteiger partial charge in [-0.2, -0.15) is 4.37 Å². The van der Waals surface area contributed by atoms with Crippen molar-refractivity contribution in [3.63, 3.8) is 0 Å². The van der Waals surface area contributed by atoms with Gasteiger partial charge in [0.25, 0.3) is 0 Å². The Hall–Kier alpha value is -0.720. The zero-order valence-electron chi connectivity index (χ0n) is 14.4. The fraction of sp³-hybridized carbons (Fsp3) is 0.882. The minimum atomic E-state index is 0.323. The van der Waals surface area contributed by atoms with Crippen molar-refractivity contribution in [3.05, 3.63) is 5.82 Å². The van der Waals surface area contributed by atoms with E-state index in [-0.39, 0.29) is 0 Å². The molecule has 2 aliphatic heterocycles. The van der Waals surface area contributed by atoms with Crippen LogP contribution in [0.2, 0.25) is 0 Å². The van der Waals surface area contributed by atoms with Gasteiger partial charge in [-0.3, -0.25) is 0 Å². The van der Waals surface area contributed by atoms with Crippen molar-refractivity contribution in [2.45, 2.75) is 64.6 Å². The highest BCUT2D eigenvalue weighted by atomic mass is 32.1. The van der Waals surface area contributed by atoms with Crippen LogP contribution in [-0.2, 0) is 15.9 Å². The smallest absolute Gasteiger partial charge is 0.205 e. The summed E-state index contributed by atoms with van der Waals surface area (Å²) in [6, 6.07) is 0. The number of rotatable bonds is 6. The van der Waals surface area contributed by atoms with Gasteiger partial charge < -0.3 is 14.4 Å². The van der Waals surface area contributed by atoms with Crippen LogP contribution >= 0.6 is 11.5 Å². The lowest BCUT2D eigenvalue weighted by atomic mass is 10.1. The average Bonchev–Trinajstić information content (AvgIpc) is 3.02. The van der Waals surface area contributed by atoms with Gasteiger partial charge in [0.1, 0.15) is 5.82 Å². The Balaban J connectivity index is 1.40. The summed E-state index contributed by atoms with van der Waals surface area (Å²) < 4.78 is 16.3. The highest BCUT2D eigenvalue weighted by Gasteiger charge is 2.24. The Bertz CT molecular complexity index is 466. The van der Waals surface area contributed by atoms with Crippen LogP contribution in [0.15, 0.2) is 0 Å². The Labute approximate surface area is 143 Å². The van der Waals surface area contributed by atoms with Crippen molar-refractivity contribution in [2.75, 3.05) is 31.2 Å². The van der Waals surface area contributed by atoms with Gasteiger partial charge in [-0.15, -0.1) is 0 Å². The third-order valence-electron chi connectivity index (χ3n) is 4.55. The van der Waals surface area contributed by atoms with Gasteiger partial charge in [0.05, 0.1) is 18.8 Å². The van der Waals surface area contributed by atoms with E-state index in [1.165, 1.54) is 24.4 Å². The molecule has 0 bridgehead atoms. The zero-order valence-corrected chi connectivity index (χ0v) is 15.2. The predicted octanol–water partition coefficient (Wildman–Crippen LogP) is 3.29. The van der Waals surface area contributed by atoms with Crippen LogP contribution in [0.5, 0.6) is 0 Å². The zero-order chi connectivity index (χ0) is 16.1. The molecular formula is C17H29N3O2S. The molecule has 130 valence electrons. The van der Waals surface area contributed by atoms with E-state index in [1.807, 2.05) is 0 Å². The normalized spacial score (nSPS) is 23.6. The summed E-state index contributed by atoms with van der Waals surface area (Å²) in [6.45, 7) is 8.13. The average molecular weight is 340 g/mol. The molecule has 0 aromatic carbocycles. The third-order valence-corrected chi connectivity index (χ3v) is 5.37. The van der Waals surface area contributed by atoms with Crippen LogP contribution in [0.3, 0.4) is 0 Å². The molecule has 0 N–H and O–H groups in total. The van der Waals surface area contributed by atoms with Crippen molar-refractivity contribution >= 4 is 16.7 Å². The molecule has 1 aromatic rings. The monoisotopic (exact) mass is 339 g/mol. The Morgan fingerprint density at radius 2 is 2.09 bits per heavy atom. The Morgan fingerprint density at radius 3 is 2.78 bits per heavy atom. The molecule has 1 aromatic heterocycles. The maximum Gasteiger partial charge on any atom is 0.205 e. The van der Waals surface area contributed by atoms with Gasteiger partial charge in [-0.25, -0.2) is 4.98 Å². The van der Waals surface area contributed by atoms with E-state index in [4.69, 9.17) is 14.5 Å². The Morgan fingerprint density at radius 1 is 1.26 bits per heavy atom. The molecule has 2 saturated heterocycles. The lowest BCUT2D eigenvalue weighted by Gasteiger charge is -2.32. The van der Waals surface area contributed by atoms with Gasteiger partial charge in [-0.05, 0) is 38.0 Å². The standard InChI is InChI=1S/C17H29N3O2S/c1-13(2)11-16-18-17(23-19-16)20-8-6-14(7-9-20)22-12-15-5-3-4-10-21-15/h13-15H,3-12H2,1-2H3/t15-/m0/s1. The van der Waals surface area contributed by atoms with Crippen LogP contribution in [0.4, 0.5) is 5.13 Å². The first kappa shape index (κ1) is 17.1. The number of hydrogen-bond acceptors (Lipinski definition) is 6. The number of hydrogen-bond donors (Lipinski definition) is 0.